The van der Waals surface area contributed by atoms with Gasteiger partial charge in [-0.15, -0.1) is 0 Å². The van der Waals surface area contributed by atoms with Crippen LogP contribution in [0.5, 0.6) is 5.75 Å². The first-order valence-corrected chi connectivity index (χ1v) is 10.7. The SMILES string of the molecule is CC[C@H]1Cn2c(C(=O)N3CCN(c4ccc(F)cc4)CC3)cc3c(Cl)ccc(c32)O1. The molecule has 5 rings (SSSR count). The van der Waals surface area contributed by atoms with E-state index in [1.165, 1.54) is 12.1 Å². The second-order valence-electron chi connectivity index (χ2n) is 7.85. The molecule has 3 aromatic rings. The van der Waals surface area contributed by atoms with E-state index >= 15 is 0 Å². The van der Waals surface area contributed by atoms with Crippen LogP contribution < -0.4 is 9.64 Å². The van der Waals surface area contributed by atoms with Crippen molar-refractivity contribution in [1.29, 1.82) is 0 Å². The van der Waals surface area contributed by atoms with Crippen molar-refractivity contribution >= 4 is 34.1 Å². The van der Waals surface area contributed by atoms with Gasteiger partial charge in [0.1, 0.15) is 23.4 Å². The number of hydrogen-bond donors (Lipinski definition) is 0. The molecule has 2 aliphatic rings. The van der Waals surface area contributed by atoms with E-state index < -0.39 is 0 Å². The van der Waals surface area contributed by atoms with Crippen molar-refractivity contribution < 1.29 is 13.9 Å². The molecule has 30 heavy (non-hydrogen) atoms. The molecule has 0 saturated carbocycles. The molecular weight excluding hydrogens is 405 g/mol. The lowest BCUT2D eigenvalue weighted by atomic mass is 10.2. The van der Waals surface area contributed by atoms with Gasteiger partial charge < -0.3 is 19.1 Å². The molecule has 0 N–H and O–H groups in total. The molecule has 1 amide bonds. The van der Waals surface area contributed by atoms with E-state index in [1.807, 2.05) is 23.1 Å². The van der Waals surface area contributed by atoms with Crippen molar-refractivity contribution in [3.8, 4) is 5.75 Å². The van der Waals surface area contributed by atoms with Gasteiger partial charge in [-0.3, -0.25) is 4.79 Å². The lowest BCUT2D eigenvalue weighted by Gasteiger charge is -2.36. The summed E-state index contributed by atoms with van der Waals surface area (Å²) in [5.41, 5.74) is 2.54. The summed E-state index contributed by atoms with van der Waals surface area (Å²) in [5, 5.41) is 1.48. The number of rotatable bonds is 3. The number of nitrogens with zero attached hydrogens (tertiary/aromatic N) is 3. The molecule has 0 radical (unpaired) electrons. The van der Waals surface area contributed by atoms with Gasteiger partial charge in [0.2, 0.25) is 0 Å². The maximum absolute atomic E-state index is 13.4. The Morgan fingerprint density at radius 3 is 2.57 bits per heavy atom. The number of halogens is 2. The Bertz CT molecular complexity index is 1100. The average Bonchev–Trinajstić information content (AvgIpc) is 3.17. The number of ether oxygens (including phenoxy) is 1. The minimum Gasteiger partial charge on any atom is -0.486 e. The van der Waals surface area contributed by atoms with E-state index in [0.29, 0.717) is 43.4 Å². The van der Waals surface area contributed by atoms with Gasteiger partial charge in [-0.25, -0.2) is 4.39 Å². The van der Waals surface area contributed by atoms with Crippen LogP contribution in [0, 0.1) is 5.82 Å². The third-order valence-corrected chi connectivity index (χ3v) is 6.41. The molecule has 0 bridgehead atoms. The van der Waals surface area contributed by atoms with Crippen LogP contribution >= 0.6 is 11.6 Å². The molecule has 1 fully saturated rings. The standard InChI is InChI=1S/C23H23ClFN3O2/c1-2-17-14-28-20(13-18-19(24)7-8-21(30-17)22(18)28)23(29)27-11-9-26(10-12-27)16-5-3-15(25)4-6-16/h3-8,13,17H,2,9-12,14H2,1H3/t17-/m0/s1. The number of amides is 1. The van der Waals surface area contributed by atoms with E-state index in [4.69, 9.17) is 16.3 Å². The zero-order valence-corrected chi connectivity index (χ0v) is 17.5. The highest BCUT2D eigenvalue weighted by Crippen LogP contribution is 2.38. The maximum atomic E-state index is 13.4. The lowest BCUT2D eigenvalue weighted by molar-refractivity contribution is 0.0730. The summed E-state index contributed by atoms with van der Waals surface area (Å²) in [4.78, 5) is 17.5. The monoisotopic (exact) mass is 427 g/mol. The molecule has 5 nitrogen and oxygen atoms in total. The van der Waals surface area contributed by atoms with Gasteiger partial charge in [0.05, 0.1) is 17.1 Å². The van der Waals surface area contributed by atoms with Gasteiger partial charge in [-0.1, -0.05) is 18.5 Å². The van der Waals surface area contributed by atoms with Gasteiger partial charge in [0.15, 0.2) is 0 Å². The summed E-state index contributed by atoms with van der Waals surface area (Å²) >= 11 is 6.43. The van der Waals surface area contributed by atoms with Gasteiger partial charge in [0, 0.05) is 37.3 Å². The predicted molar refractivity (Wildman–Crippen MR) is 116 cm³/mol. The fraction of sp³-hybridized carbons (Fsp3) is 0.348. The average molecular weight is 428 g/mol. The molecule has 7 heteroatoms. The highest BCUT2D eigenvalue weighted by Gasteiger charge is 2.30. The van der Waals surface area contributed by atoms with Crippen LogP contribution in [0.25, 0.3) is 10.9 Å². The van der Waals surface area contributed by atoms with E-state index in [2.05, 4.69) is 16.4 Å². The zero-order valence-electron chi connectivity index (χ0n) is 16.8. The second-order valence-corrected chi connectivity index (χ2v) is 8.26. The Hall–Kier alpha value is -2.73. The number of hydrogen-bond acceptors (Lipinski definition) is 3. The Balaban J connectivity index is 1.40. The highest BCUT2D eigenvalue weighted by molar-refractivity contribution is 6.36. The summed E-state index contributed by atoms with van der Waals surface area (Å²) in [5.74, 6) is 0.561. The number of carbonyl (C=O) groups is 1. The first kappa shape index (κ1) is 19.2. The van der Waals surface area contributed by atoms with Crippen molar-refractivity contribution in [2.45, 2.75) is 26.0 Å². The molecule has 2 aliphatic heterocycles. The van der Waals surface area contributed by atoms with Crippen LogP contribution in [0.4, 0.5) is 10.1 Å². The van der Waals surface area contributed by atoms with Crippen molar-refractivity contribution in [2.24, 2.45) is 0 Å². The summed E-state index contributed by atoms with van der Waals surface area (Å²) in [6.07, 6.45) is 0.905. The molecule has 3 heterocycles. The molecule has 0 aliphatic carbocycles. The summed E-state index contributed by atoms with van der Waals surface area (Å²) < 4.78 is 21.3. The number of carbonyl (C=O) groups excluding carboxylic acids is 1. The van der Waals surface area contributed by atoms with Gasteiger partial charge in [-0.2, -0.15) is 0 Å². The molecular formula is C23H23ClFN3O2. The quantitative estimate of drug-likeness (QED) is 0.614. The normalized spacial score (nSPS) is 18.6. The van der Waals surface area contributed by atoms with Gasteiger partial charge in [0.25, 0.3) is 5.91 Å². The predicted octanol–water partition coefficient (Wildman–Crippen LogP) is 4.57. The van der Waals surface area contributed by atoms with Gasteiger partial charge in [-0.05, 0) is 48.9 Å². The lowest BCUT2D eigenvalue weighted by Crippen LogP contribution is -2.49. The minimum atomic E-state index is -0.241. The molecule has 0 unspecified atom stereocenters. The van der Waals surface area contributed by atoms with E-state index in [9.17, 15) is 9.18 Å². The number of aromatic nitrogens is 1. The fourth-order valence-corrected chi connectivity index (χ4v) is 4.60. The van der Waals surface area contributed by atoms with Crippen LogP contribution in [-0.4, -0.2) is 47.7 Å². The van der Waals surface area contributed by atoms with Crippen LogP contribution in [0.15, 0.2) is 42.5 Å². The highest BCUT2D eigenvalue weighted by atomic mass is 35.5. The van der Waals surface area contributed by atoms with Crippen LogP contribution in [-0.2, 0) is 6.54 Å². The van der Waals surface area contributed by atoms with Crippen molar-refractivity contribution in [3.05, 3.63) is 59.0 Å². The van der Waals surface area contributed by atoms with Crippen LogP contribution in [0.1, 0.15) is 23.8 Å². The van der Waals surface area contributed by atoms with Crippen molar-refractivity contribution in [3.63, 3.8) is 0 Å². The maximum Gasteiger partial charge on any atom is 0.270 e. The molecule has 1 aromatic heterocycles. The van der Waals surface area contributed by atoms with Gasteiger partial charge >= 0.3 is 0 Å². The third kappa shape index (κ3) is 3.19. The largest absolute Gasteiger partial charge is 0.486 e. The molecule has 0 spiro atoms. The van der Waals surface area contributed by atoms with Crippen LogP contribution in [0.2, 0.25) is 5.02 Å². The topological polar surface area (TPSA) is 37.7 Å². The summed E-state index contributed by atoms with van der Waals surface area (Å²) in [6, 6.07) is 12.1. The van der Waals surface area contributed by atoms with E-state index in [-0.39, 0.29) is 17.8 Å². The first-order valence-electron chi connectivity index (χ1n) is 10.3. The Kier molecular flexibility index (Phi) is 4.82. The third-order valence-electron chi connectivity index (χ3n) is 6.08. The molecule has 2 aromatic carbocycles. The molecule has 156 valence electrons. The minimum absolute atomic E-state index is 0.0173. The molecule has 1 atom stereocenters. The number of anilines is 1. The number of benzene rings is 2. The summed E-state index contributed by atoms with van der Waals surface area (Å²) in [7, 11) is 0. The second kappa shape index (κ2) is 7.51. The Morgan fingerprint density at radius 1 is 1.13 bits per heavy atom. The van der Waals surface area contributed by atoms with Crippen molar-refractivity contribution in [1.82, 2.24) is 9.47 Å². The van der Waals surface area contributed by atoms with Crippen LogP contribution in [0.3, 0.4) is 0 Å². The zero-order chi connectivity index (χ0) is 20.8. The number of piperazine rings is 1. The molecule has 1 saturated heterocycles. The Morgan fingerprint density at radius 2 is 1.87 bits per heavy atom. The van der Waals surface area contributed by atoms with E-state index in [1.54, 1.807) is 12.1 Å². The van der Waals surface area contributed by atoms with Crippen molar-refractivity contribution in [2.75, 3.05) is 31.1 Å². The summed E-state index contributed by atoms with van der Waals surface area (Å²) in [6.45, 7) is 5.39. The Labute approximate surface area is 179 Å². The first-order chi connectivity index (χ1) is 14.5. The van der Waals surface area contributed by atoms with E-state index in [0.717, 1.165) is 28.8 Å². The smallest absolute Gasteiger partial charge is 0.270 e. The fourth-order valence-electron chi connectivity index (χ4n) is 4.39.